The average Bonchev–Trinajstić information content (AvgIpc) is 2.30. The van der Waals surface area contributed by atoms with Gasteiger partial charge in [-0.3, -0.25) is 0 Å². The van der Waals surface area contributed by atoms with E-state index in [2.05, 4.69) is 49.9 Å². The third kappa shape index (κ3) is 15.5. The molecule has 1 aromatic heterocycles. The van der Waals surface area contributed by atoms with E-state index in [-0.39, 0.29) is 0 Å². The van der Waals surface area contributed by atoms with Crippen molar-refractivity contribution >= 4 is 7.81 Å². The topological polar surface area (TPSA) is 3.88 Å². The summed E-state index contributed by atoms with van der Waals surface area (Å²) in [6.45, 7) is 6.71. The molecule has 0 amide bonds. The van der Waals surface area contributed by atoms with Gasteiger partial charge in [0.15, 0.2) is 18.4 Å². The van der Waals surface area contributed by atoms with Gasteiger partial charge in [0, 0.05) is 24.5 Å². The van der Waals surface area contributed by atoms with E-state index in [1.54, 1.807) is 0 Å². The molecule has 0 aliphatic rings. The normalized spacial score (nSPS) is 16.0. The van der Waals surface area contributed by atoms with Crippen molar-refractivity contribution in [1.29, 1.82) is 0 Å². The number of rotatable bonds is 6. The Morgan fingerprint density at radius 3 is 1.95 bits per heavy atom. The van der Waals surface area contributed by atoms with Crippen LogP contribution in [0.4, 0.5) is 25.2 Å². The zero-order chi connectivity index (χ0) is 17.5. The van der Waals surface area contributed by atoms with E-state index in [9.17, 15) is 25.2 Å². The zero-order valence-electron chi connectivity index (χ0n) is 13.1. The monoisotopic (exact) mass is 351 g/mol. The van der Waals surface area contributed by atoms with E-state index >= 15 is 0 Å². The first-order chi connectivity index (χ1) is 9.72. The van der Waals surface area contributed by atoms with Crippen LogP contribution in [0.25, 0.3) is 0 Å². The van der Waals surface area contributed by atoms with Crippen LogP contribution in [0.1, 0.15) is 57.6 Å². The molecule has 1 atom stereocenters. The number of aryl methyl sites for hydroxylation is 1. The molecule has 0 fully saturated rings. The quantitative estimate of drug-likeness (QED) is 0.290. The first-order valence-corrected chi connectivity index (χ1v) is 9.29. The second-order valence-electron chi connectivity index (χ2n) is 5.37. The van der Waals surface area contributed by atoms with Crippen LogP contribution in [0, 0.1) is 6.92 Å². The van der Waals surface area contributed by atoms with Crippen LogP contribution in [0.5, 0.6) is 0 Å². The Labute approximate surface area is 127 Å². The van der Waals surface area contributed by atoms with Gasteiger partial charge in [-0.1, -0.05) is 20.3 Å². The van der Waals surface area contributed by atoms with Gasteiger partial charge < -0.3 is 0 Å². The molecule has 132 valence electrons. The van der Waals surface area contributed by atoms with Gasteiger partial charge in [-0.2, -0.15) is 0 Å². The molecule has 1 unspecified atom stereocenters. The number of aromatic nitrogens is 1. The maximum absolute atomic E-state index is 10.7. The molecule has 22 heavy (non-hydrogen) atoms. The molecule has 0 aromatic carbocycles. The summed E-state index contributed by atoms with van der Waals surface area (Å²) in [4.78, 5) is 0. The maximum atomic E-state index is 9.87. The van der Waals surface area contributed by atoms with Gasteiger partial charge in [-0.15, -0.1) is 0 Å². The van der Waals surface area contributed by atoms with Gasteiger partial charge in [0.25, 0.3) is 0 Å². The SMILES string of the molecule is CCCCC(CCC)[n+]1cccc(C)c1.F[P-](F)(F)(F)(F)F. The first kappa shape index (κ1) is 21.2. The summed E-state index contributed by atoms with van der Waals surface area (Å²) in [6.07, 6.45) is 11.0. The second kappa shape index (κ2) is 7.16. The molecular formula is C14H24F6NP. The number of nitrogens with zero attached hydrogens (tertiary/aromatic N) is 1. The average molecular weight is 351 g/mol. The number of hydrogen-bond acceptors (Lipinski definition) is 0. The van der Waals surface area contributed by atoms with Crippen molar-refractivity contribution in [1.82, 2.24) is 0 Å². The van der Waals surface area contributed by atoms with Crippen molar-refractivity contribution in [3.8, 4) is 0 Å². The molecule has 0 bridgehead atoms. The minimum absolute atomic E-state index is 0.704. The summed E-state index contributed by atoms with van der Waals surface area (Å²) in [7, 11) is -10.7. The number of hydrogen-bond donors (Lipinski definition) is 0. The van der Waals surface area contributed by atoms with Crippen LogP contribution >= 0.6 is 7.81 Å². The van der Waals surface area contributed by atoms with E-state index in [0.717, 1.165) is 0 Å². The summed E-state index contributed by atoms with van der Waals surface area (Å²) in [5.74, 6) is 0. The van der Waals surface area contributed by atoms with Crippen molar-refractivity contribution in [2.75, 3.05) is 0 Å². The first-order valence-electron chi connectivity index (χ1n) is 7.26. The number of pyridine rings is 1. The Hall–Kier alpha value is -0.840. The summed E-state index contributed by atoms with van der Waals surface area (Å²) in [5.41, 5.74) is 1.36. The molecule has 1 aromatic rings. The van der Waals surface area contributed by atoms with Crippen LogP contribution in [-0.2, 0) is 0 Å². The Morgan fingerprint density at radius 2 is 1.55 bits per heavy atom. The third-order valence-corrected chi connectivity index (χ3v) is 2.90. The summed E-state index contributed by atoms with van der Waals surface area (Å²) in [5, 5.41) is 0. The predicted molar refractivity (Wildman–Crippen MR) is 78.4 cm³/mol. The third-order valence-electron chi connectivity index (χ3n) is 2.90. The van der Waals surface area contributed by atoms with Gasteiger partial charge in [0.05, 0.1) is 0 Å². The Kier molecular flexibility index (Phi) is 6.88. The van der Waals surface area contributed by atoms with Gasteiger partial charge in [-0.25, -0.2) is 4.57 Å². The van der Waals surface area contributed by atoms with Crippen LogP contribution in [0.3, 0.4) is 0 Å². The fraction of sp³-hybridized carbons (Fsp3) is 0.643. The molecule has 1 rings (SSSR count). The Morgan fingerprint density at radius 1 is 1.00 bits per heavy atom. The predicted octanol–water partition coefficient (Wildman–Crippen LogP) is 7.20. The fourth-order valence-electron chi connectivity index (χ4n) is 2.06. The summed E-state index contributed by atoms with van der Waals surface area (Å²) >= 11 is 0. The van der Waals surface area contributed by atoms with E-state index < -0.39 is 7.81 Å². The molecule has 0 aliphatic heterocycles. The number of unbranched alkanes of at least 4 members (excludes halogenated alkanes) is 1. The van der Waals surface area contributed by atoms with Gasteiger partial charge in [-0.05, 0) is 25.8 Å². The van der Waals surface area contributed by atoms with Crippen molar-refractivity contribution in [3.63, 3.8) is 0 Å². The molecule has 1 nitrogen and oxygen atoms in total. The molecule has 0 saturated carbocycles. The molecule has 1 heterocycles. The Balaban J connectivity index is 0.000000534. The van der Waals surface area contributed by atoms with Gasteiger partial charge >= 0.3 is 33.0 Å². The van der Waals surface area contributed by atoms with Crippen LogP contribution in [0.15, 0.2) is 24.5 Å². The summed E-state index contributed by atoms with van der Waals surface area (Å²) in [6, 6.07) is 5.03. The zero-order valence-corrected chi connectivity index (χ0v) is 14.0. The fourth-order valence-corrected chi connectivity index (χ4v) is 2.06. The van der Waals surface area contributed by atoms with Crippen molar-refractivity contribution in [2.45, 2.75) is 58.9 Å². The van der Waals surface area contributed by atoms with Crippen molar-refractivity contribution in [2.24, 2.45) is 0 Å². The molecular weight excluding hydrogens is 327 g/mol. The molecule has 0 aliphatic carbocycles. The minimum atomic E-state index is -10.7. The van der Waals surface area contributed by atoms with Gasteiger partial charge in [0.2, 0.25) is 0 Å². The van der Waals surface area contributed by atoms with E-state index in [1.807, 2.05) is 0 Å². The standard InChI is InChI=1S/C14H24N.F6P/c1-4-6-10-14(8-5-2)15-11-7-9-13(3)12-15;1-7(2,3,4,5)6/h7,9,11-12,14H,4-6,8,10H2,1-3H3;/q+1;-1. The van der Waals surface area contributed by atoms with Gasteiger partial charge in [0.1, 0.15) is 0 Å². The summed E-state index contributed by atoms with van der Waals surface area (Å²) < 4.78 is 61.6. The molecule has 8 heteroatoms. The molecule has 0 N–H and O–H groups in total. The van der Waals surface area contributed by atoms with E-state index in [1.165, 1.54) is 37.7 Å². The molecule has 0 saturated heterocycles. The van der Waals surface area contributed by atoms with E-state index in [4.69, 9.17) is 0 Å². The van der Waals surface area contributed by atoms with E-state index in [0.29, 0.717) is 6.04 Å². The second-order valence-corrected chi connectivity index (χ2v) is 7.29. The van der Waals surface area contributed by atoms with Crippen molar-refractivity contribution in [3.05, 3.63) is 30.1 Å². The van der Waals surface area contributed by atoms with Crippen LogP contribution < -0.4 is 4.57 Å². The molecule has 0 spiro atoms. The Bertz CT molecular complexity index is 445. The van der Waals surface area contributed by atoms with Crippen LogP contribution in [0.2, 0.25) is 0 Å². The number of halogens is 6. The molecule has 0 radical (unpaired) electrons. The van der Waals surface area contributed by atoms with Crippen molar-refractivity contribution < 1.29 is 29.7 Å². The van der Waals surface area contributed by atoms with Crippen LogP contribution in [-0.4, -0.2) is 0 Å².